The van der Waals surface area contributed by atoms with Gasteiger partial charge in [0.05, 0.1) is 5.54 Å². The number of benzene rings is 2. The van der Waals surface area contributed by atoms with Crippen LogP contribution in [0.5, 0.6) is 0 Å². The van der Waals surface area contributed by atoms with Gasteiger partial charge in [-0.3, -0.25) is 4.79 Å². The zero-order valence-corrected chi connectivity index (χ0v) is 17.7. The largest absolute Gasteiger partial charge is 0.338 e. The second-order valence-electron chi connectivity index (χ2n) is 8.64. The summed E-state index contributed by atoms with van der Waals surface area (Å²) in [4.78, 5) is 14.5. The smallest absolute Gasteiger partial charge is 0.223 e. The Morgan fingerprint density at radius 1 is 0.967 bits per heavy atom. The van der Waals surface area contributed by atoms with Crippen LogP contribution in [0.1, 0.15) is 41.3 Å². The lowest BCUT2D eigenvalue weighted by molar-refractivity contribution is -0.128. The molecule has 0 radical (unpaired) electrons. The fraction of sp³-hybridized carbons (Fsp3) is 0.296. The van der Waals surface area contributed by atoms with Crippen molar-refractivity contribution >= 4 is 5.91 Å². The molecule has 3 heteroatoms. The van der Waals surface area contributed by atoms with E-state index in [1.54, 1.807) is 0 Å². The van der Waals surface area contributed by atoms with Gasteiger partial charge in [0.1, 0.15) is 0 Å². The van der Waals surface area contributed by atoms with E-state index < -0.39 is 0 Å². The van der Waals surface area contributed by atoms with Crippen molar-refractivity contribution in [3.63, 3.8) is 0 Å². The molecule has 3 aromatic rings. The van der Waals surface area contributed by atoms with Crippen molar-refractivity contribution in [3.8, 4) is 17.5 Å². The Hall–Kier alpha value is -3.25. The predicted molar refractivity (Wildman–Crippen MR) is 120 cm³/mol. The number of aromatic nitrogens is 1. The van der Waals surface area contributed by atoms with Crippen molar-refractivity contribution in [2.75, 3.05) is 7.05 Å². The highest BCUT2D eigenvalue weighted by Crippen LogP contribution is 2.61. The highest BCUT2D eigenvalue weighted by Gasteiger charge is 2.66. The maximum atomic E-state index is 12.5. The average molecular weight is 395 g/mol. The van der Waals surface area contributed by atoms with Gasteiger partial charge in [-0.1, -0.05) is 48.2 Å². The number of carbonyl (C=O) groups excluding carboxylic acids is 1. The van der Waals surface area contributed by atoms with Gasteiger partial charge in [-0.15, -0.1) is 0 Å². The third-order valence-electron chi connectivity index (χ3n) is 6.92. The molecule has 1 aromatic heterocycles. The van der Waals surface area contributed by atoms with Crippen molar-refractivity contribution < 1.29 is 4.79 Å². The molecular formula is C27H26N2O. The quantitative estimate of drug-likeness (QED) is 0.571. The van der Waals surface area contributed by atoms with Gasteiger partial charge in [-0.05, 0) is 56.2 Å². The van der Waals surface area contributed by atoms with E-state index in [2.05, 4.69) is 90.9 Å². The second kappa shape index (κ2) is 6.92. The lowest BCUT2D eigenvalue weighted by atomic mass is 9.88. The number of hydrogen-bond donors (Lipinski definition) is 0. The maximum Gasteiger partial charge on any atom is 0.223 e. The first-order valence-electron chi connectivity index (χ1n) is 10.6. The van der Waals surface area contributed by atoms with Crippen LogP contribution in [0.25, 0.3) is 5.69 Å². The van der Waals surface area contributed by atoms with Crippen molar-refractivity contribution in [2.45, 2.75) is 38.1 Å². The minimum Gasteiger partial charge on any atom is -0.338 e. The normalized spacial score (nSPS) is 24.8. The number of nitrogens with zero attached hydrogens (tertiary/aromatic N) is 2. The number of aryl methyl sites for hydroxylation is 2. The number of amides is 1. The minimum absolute atomic E-state index is 0.142. The Balaban J connectivity index is 1.44. The van der Waals surface area contributed by atoms with Crippen LogP contribution in [-0.4, -0.2) is 28.0 Å². The van der Waals surface area contributed by atoms with Crippen LogP contribution in [0.15, 0.2) is 66.7 Å². The predicted octanol–water partition coefficient (Wildman–Crippen LogP) is 4.85. The second-order valence-corrected chi connectivity index (χ2v) is 8.64. The summed E-state index contributed by atoms with van der Waals surface area (Å²) in [6.45, 7) is 4.24. The summed E-state index contributed by atoms with van der Waals surface area (Å²) in [6.07, 6.45) is 1.54. The fourth-order valence-electron chi connectivity index (χ4n) is 5.21. The minimum atomic E-state index is -0.142. The van der Waals surface area contributed by atoms with E-state index in [1.807, 2.05) is 18.0 Å². The molecule has 1 saturated carbocycles. The van der Waals surface area contributed by atoms with Gasteiger partial charge >= 0.3 is 0 Å². The topological polar surface area (TPSA) is 25.2 Å². The molecule has 1 aliphatic carbocycles. The molecule has 30 heavy (non-hydrogen) atoms. The highest BCUT2D eigenvalue weighted by atomic mass is 16.2. The zero-order chi connectivity index (χ0) is 20.9. The standard InChI is InChI=1S/C27H26N2O/c1-19-12-13-20(2)29(19)24-11-7-8-21(16-24)14-15-23-18-27(23)25(17-26(30)28(27)3)22-9-5-4-6-10-22/h4-13,16,23,25H,17-18H2,1-3H3/t23?,25-,27?/m1/s1. The van der Waals surface area contributed by atoms with E-state index in [-0.39, 0.29) is 23.3 Å². The molecule has 1 amide bonds. The van der Waals surface area contributed by atoms with E-state index in [0.717, 1.165) is 17.7 Å². The lowest BCUT2D eigenvalue weighted by Crippen LogP contribution is -2.35. The molecule has 0 bridgehead atoms. The first-order chi connectivity index (χ1) is 14.5. The van der Waals surface area contributed by atoms with Gasteiger partial charge in [0.25, 0.3) is 0 Å². The fourth-order valence-corrected chi connectivity index (χ4v) is 5.21. The number of likely N-dealkylation sites (N-methyl/N-ethyl adjacent to an activating group) is 1. The van der Waals surface area contributed by atoms with Crippen molar-refractivity contribution in [1.29, 1.82) is 0 Å². The first-order valence-corrected chi connectivity index (χ1v) is 10.6. The summed E-state index contributed by atoms with van der Waals surface area (Å²) >= 11 is 0. The van der Waals surface area contributed by atoms with Crippen LogP contribution in [0.3, 0.4) is 0 Å². The van der Waals surface area contributed by atoms with E-state index in [4.69, 9.17) is 0 Å². The molecule has 5 rings (SSSR count). The number of carbonyl (C=O) groups is 1. The van der Waals surface area contributed by atoms with Crippen molar-refractivity contribution in [3.05, 3.63) is 89.2 Å². The molecule has 3 nitrogen and oxygen atoms in total. The summed E-state index contributed by atoms with van der Waals surface area (Å²) in [5, 5.41) is 0. The molecule has 2 aromatic carbocycles. The van der Waals surface area contributed by atoms with E-state index in [0.29, 0.717) is 6.42 Å². The van der Waals surface area contributed by atoms with E-state index >= 15 is 0 Å². The van der Waals surface area contributed by atoms with Gasteiger partial charge in [0.15, 0.2) is 0 Å². The van der Waals surface area contributed by atoms with Gasteiger partial charge in [0, 0.05) is 47.9 Å². The monoisotopic (exact) mass is 394 g/mol. The summed E-state index contributed by atoms with van der Waals surface area (Å²) in [6, 6.07) is 23.1. The zero-order valence-electron chi connectivity index (χ0n) is 17.7. The molecule has 1 spiro atoms. The molecule has 1 aliphatic heterocycles. The molecule has 3 atom stereocenters. The Bertz CT molecular complexity index is 1160. The van der Waals surface area contributed by atoms with Gasteiger partial charge in [-0.2, -0.15) is 0 Å². The summed E-state index contributed by atoms with van der Waals surface area (Å²) in [5.41, 5.74) is 5.70. The van der Waals surface area contributed by atoms with Crippen LogP contribution in [-0.2, 0) is 4.79 Å². The van der Waals surface area contributed by atoms with E-state index in [1.165, 1.54) is 17.0 Å². The first kappa shape index (κ1) is 18.8. The third-order valence-corrected chi connectivity index (χ3v) is 6.92. The highest BCUT2D eigenvalue weighted by molar-refractivity contribution is 5.83. The maximum absolute atomic E-state index is 12.5. The molecule has 150 valence electrons. The van der Waals surface area contributed by atoms with Gasteiger partial charge in [-0.25, -0.2) is 0 Å². The molecule has 1 saturated heterocycles. The van der Waals surface area contributed by atoms with Crippen LogP contribution in [0, 0.1) is 31.6 Å². The Morgan fingerprint density at radius 2 is 1.70 bits per heavy atom. The molecular weight excluding hydrogens is 368 g/mol. The summed E-state index contributed by atoms with van der Waals surface area (Å²) < 4.78 is 2.25. The molecule has 2 aliphatic rings. The summed E-state index contributed by atoms with van der Waals surface area (Å²) in [7, 11) is 1.95. The Kier molecular flexibility index (Phi) is 4.33. The van der Waals surface area contributed by atoms with Gasteiger partial charge in [0.2, 0.25) is 5.91 Å². The van der Waals surface area contributed by atoms with Gasteiger partial charge < -0.3 is 9.47 Å². The van der Waals surface area contributed by atoms with Crippen LogP contribution in [0.2, 0.25) is 0 Å². The molecule has 2 fully saturated rings. The van der Waals surface area contributed by atoms with Crippen LogP contribution in [0.4, 0.5) is 0 Å². The summed E-state index contributed by atoms with van der Waals surface area (Å²) in [5.74, 6) is 7.59. The van der Waals surface area contributed by atoms with Crippen LogP contribution < -0.4 is 0 Å². The lowest BCUT2D eigenvalue weighted by Gasteiger charge is -2.25. The number of likely N-dealkylation sites (tertiary alicyclic amines) is 1. The molecule has 0 N–H and O–H groups in total. The number of hydrogen-bond acceptors (Lipinski definition) is 1. The average Bonchev–Trinajstić information content (AvgIpc) is 3.31. The van der Waals surface area contributed by atoms with Crippen LogP contribution >= 0.6 is 0 Å². The van der Waals surface area contributed by atoms with Crippen molar-refractivity contribution in [2.24, 2.45) is 5.92 Å². The third kappa shape index (κ3) is 2.87. The molecule has 2 unspecified atom stereocenters. The van der Waals surface area contributed by atoms with Crippen molar-refractivity contribution in [1.82, 2.24) is 9.47 Å². The number of rotatable bonds is 2. The Labute approximate surface area is 178 Å². The van der Waals surface area contributed by atoms with E-state index in [9.17, 15) is 4.79 Å². The SMILES string of the molecule is Cc1ccc(C)n1-c1cccc(C#CC2CC23[C@@H](c2ccccc2)CC(=O)N3C)c1. The molecule has 2 heterocycles. The Morgan fingerprint density at radius 3 is 2.43 bits per heavy atom.